The summed E-state index contributed by atoms with van der Waals surface area (Å²) in [4.78, 5) is 13.6. The van der Waals surface area contributed by atoms with Gasteiger partial charge >= 0.3 is 0 Å². The molecule has 0 amide bonds. The second-order valence-corrected chi connectivity index (χ2v) is 8.98. The van der Waals surface area contributed by atoms with Gasteiger partial charge in [-0.25, -0.2) is 4.99 Å². The number of hydrogen-bond donors (Lipinski definition) is 0. The Morgan fingerprint density at radius 1 is 0.912 bits per heavy atom. The van der Waals surface area contributed by atoms with E-state index >= 15 is 0 Å². The molecular weight excluding hydrogens is 416 g/mol. The van der Waals surface area contributed by atoms with Gasteiger partial charge in [0.05, 0.1) is 5.70 Å². The van der Waals surface area contributed by atoms with Crippen LogP contribution in [0.5, 0.6) is 0 Å². The molecule has 1 atom stereocenters. The zero-order valence-electron chi connectivity index (χ0n) is 19.7. The number of nitrogens with zero attached hydrogens (tertiary/aromatic N) is 4. The lowest BCUT2D eigenvalue weighted by atomic mass is 9.86. The number of benzene rings is 2. The van der Waals surface area contributed by atoms with Crippen molar-refractivity contribution < 1.29 is 0 Å². The molecule has 0 spiro atoms. The van der Waals surface area contributed by atoms with E-state index in [0.29, 0.717) is 5.92 Å². The average molecular weight is 447 g/mol. The lowest BCUT2D eigenvalue weighted by Gasteiger charge is -2.40. The van der Waals surface area contributed by atoms with Gasteiger partial charge in [0, 0.05) is 49.7 Å². The van der Waals surface area contributed by atoms with Crippen LogP contribution in [0.3, 0.4) is 0 Å². The Morgan fingerprint density at radius 2 is 1.62 bits per heavy atom. The van der Waals surface area contributed by atoms with Crippen molar-refractivity contribution >= 4 is 17.2 Å². The van der Waals surface area contributed by atoms with Crippen LogP contribution in [0.15, 0.2) is 109 Å². The molecule has 2 aromatic carbocycles. The molecule has 0 radical (unpaired) electrons. The molecule has 0 saturated carbocycles. The molecule has 1 aromatic heterocycles. The number of guanidine groups is 1. The summed E-state index contributed by atoms with van der Waals surface area (Å²) in [6, 6.07) is 23.3. The molecule has 1 saturated heterocycles. The Kier molecular flexibility index (Phi) is 6.13. The van der Waals surface area contributed by atoms with E-state index in [1.54, 1.807) is 12.4 Å². The lowest BCUT2D eigenvalue weighted by Crippen LogP contribution is -2.47. The highest BCUT2D eigenvalue weighted by molar-refractivity contribution is 5.91. The maximum Gasteiger partial charge on any atom is 0.206 e. The van der Waals surface area contributed by atoms with Gasteiger partial charge in [0.15, 0.2) is 0 Å². The molecule has 0 bridgehead atoms. The number of aliphatic imine (C=N–C) groups is 1. The van der Waals surface area contributed by atoms with E-state index in [1.807, 2.05) is 31.3 Å². The van der Waals surface area contributed by atoms with E-state index in [1.165, 1.54) is 22.3 Å². The average Bonchev–Trinajstić information content (AvgIpc) is 2.91. The third-order valence-electron chi connectivity index (χ3n) is 6.79. The van der Waals surface area contributed by atoms with E-state index in [9.17, 15) is 0 Å². The minimum absolute atomic E-state index is 0.385. The Bertz CT molecular complexity index is 1240. The van der Waals surface area contributed by atoms with E-state index in [4.69, 9.17) is 4.99 Å². The summed E-state index contributed by atoms with van der Waals surface area (Å²) in [6.45, 7) is 10.7. The highest BCUT2D eigenvalue weighted by Gasteiger charge is 2.29. The molecule has 170 valence electrons. The monoisotopic (exact) mass is 446 g/mol. The van der Waals surface area contributed by atoms with Crippen molar-refractivity contribution in [1.29, 1.82) is 0 Å². The molecule has 0 aliphatic carbocycles. The van der Waals surface area contributed by atoms with Gasteiger partial charge in [0.25, 0.3) is 0 Å². The van der Waals surface area contributed by atoms with Crippen LogP contribution >= 0.6 is 0 Å². The van der Waals surface area contributed by atoms with E-state index < -0.39 is 0 Å². The molecule has 3 aromatic rings. The number of aromatic nitrogens is 1. The first-order valence-corrected chi connectivity index (χ1v) is 11.8. The molecule has 1 fully saturated rings. The van der Waals surface area contributed by atoms with Crippen molar-refractivity contribution in [1.82, 2.24) is 14.8 Å². The predicted molar refractivity (Wildman–Crippen MR) is 142 cm³/mol. The molecule has 2 aliphatic heterocycles. The number of pyridine rings is 1. The van der Waals surface area contributed by atoms with Crippen LogP contribution in [-0.4, -0.2) is 40.9 Å². The van der Waals surface area contributed by atoms with Crippen LogP contribution in [-0.2, 0) is 0 Å². The third-order valence-corrected chi connectivity index (χ3v) is 6.79. The zero-order chi connectivity index (χ0) is 23.5. The van der Waals surface area contributed by atoms with Crippen LogP contribution in [0, 0.1) is 5.92 Å². The topological polar surface area (TPSA) is 31.7 Å². The molecule has 5 rings (SSSR count). The number of likely N-dealkylation sites (tertiary alicyclic amines) is 1. The molecule has 0 N–H and O–H groups in total. The molecule has 4 heteroatoms. The van der Waals surface area contributed by atoms with Gasteiger partial charge in [-0.3, -0.25) is 4.98 Å². The minimum atomic E-state index is 0.385. The highest BCUT2D eigenvalue weighted by Crippen LogP contribution is 2.33. The van der Waals surface area contributed by atoms with Crippen LogP contribution in [0.2, 0.25) is 0 Å². The van der Waals surface area contributed by atoms with Crippen molar-refractivity contribution in [3.05, 3.63) is 115 Å². The Morgan fingerprint density at radius 3 is 2.35 bits per heavy atom. The molecule has 4 nitrogen and oxygen atoms in total. The Hall–Kier alpha value is -3.92. The van der Waals surface area contributed by atoms with Crippen LogP contribution in [0.1, 0.15) is 24.0 Å². The summed E-state index contributed by atoms with van der Waals surface area (Å²) in [5, 5.41) is 0. The van der Waals surface area contributed by atoms with Crippen molar-refractivity contribution in [2.45, 2.75) is 12.8 Å². The van der Waals surface area contributed by atoms with Gasteiger partial charge in [-0.2, -0.15) is 0 Å². The number of likely N-dealkylation sites (N-methyl/N-ethyl adjacent to an activating group) is 1. The van der Waals surface area contributed by atoms with Gasteiger partial charge < -0.3 is 9.80 Å². The van der Waals surface area contributed by atoms with E-state index in [0.717, 1.165) is 48.8 Å². The quantitative estimate of drug-likeness (QED) is 0.469. The van der Waals surface area contributed by atoms with Crippen LogP contribution < -0.4 is 0 Å². The van der Waals surface area contributed by atoms with E-state index in [-0.39, 0.29) is 0 Å². The largest absolute Gasteiger partial charge is 0.342 e. The number of allylic oxidation sites excluding steroid dienone is 1. The fraction of sp³-hybridized carbons (Fsp3) is 0.200. The lowest BCUT2D eigenvalue weighted by molar-refractivity contribution is 0.275. The maximum atomic E-state index is 5.03. The third kappa shape index (κ3) is 4.44. The summed E-state index contributed by atoms with van der Waals surface area (Å²) in [5.74, 6) is 1.34. The predicted octanol–water partition coefficient (Wildman–Crippen LogP) is 6.33. The normalized spacial score (nSPS) is 18.4. The fourth-order valence-electron chi connectivity index (χ4n) is 4.74. The number of hydrogen-bond acceptors (Lipinski definition) is 4. The minimum Gasteiger partial charge on any atom is -0.342 e. The first-order chi connectivity index (χ1) is 16.6. The molecule has 2 aliphatic rings. The second-order valence-electron chi connectivity index (χ2n) is 8.98. The summed E-state index contributed by atoms with van der Waals surface area (Å²) < 4.78 is 0. The molecule has 3 heterocycles. The van der Waals surface area contributed by atoms with Gasteiger partial charge in [-0.15, -0.1) is 0 Å². The van der Waals surface area contributed by atoms with Crippen LogP contribution in [0.4, 0.5) is 0 Å². The SMILES string of the molecule is C=C(c1ccc(-c2ccccc2)cc1)C1CCCN(C2=NC(c3ccncc3)=CC(=C)N2C)C1. The maximum absolute atomic E-state index is 5.03. The van der Waals surface area contributed by atoms with Crippen molar-refractivity contribution in [2.24, 2.45) is 10.9 Å². The van der Waals surface area contributed by atoms with Crippen molar-refractivity contribution in [3.8, 4) is 11.1 Å². The smallest absolute Gasteiger partial charge is 0.206 e. The van der Waals surface area contributed by atoms with Gasteiger partial charge in [-0.05, 0) is 53.3 Å². The van der Waals surface area contributed by atoms with Crippen molar-refractivity contribution in [2.75, 3.05) is 20.1 Å². The fourth-order valence-corrected chi connectivity index (χ4v) is 4.74. The first kappa shape index (κ1) is 21.9. The Labute approximate surface area is 202 Å². The summed E-state index contributed by atoms with van der Waals surface area (Å²) in [6.07, 6.45) is 7.89. The van der Waals surface area contributed by atoms with Gasteiger partial charge in [0.1, 0.15) is 0 Å². The second kappa shape index (κ2) is 9.52. The first-order valence-electron chi connectivity index (χ1n) is 11.8. The number of rotatable bonds is 4. The zero-order valence-corrected chi connectivity index (χ0v) is 19.7. The van der Waals surface area contributed by atoms with Crippen molar-refractivity contribution in [3.63, 3.8) is 0 Å². The summed E-state index contributed by atoms with van der Waals surface area (Å²) >= 11 is 0. The highest BCUT2D eigenvalue weighted by atomic mass is 15.4. The van der Waals surface area contributed by atoms with Crippen LogP contribution in [0.25, 0.3) is 22.4 Å². The molecule has 1 unspecified atom stereocenters. The standard InChI is InChI=1S/C30H30N4/c1-22-20-29(27-15-17-31-18-16-27)32-30(33(22)3)34-19-7-10-28(21-34)23(2)24-11-13-26(14-12-24)25-8-5-4-6-9-25/h4-6,8-9,11-18,20,28H,1-2,7,10,19,21H2,3H3. The van der Waals surface area contributed by atoms with E-state index in [2.05, 4.69) is 76.5 Å². The molecular formula is C30H30N4. The Balaban J connectivity index is 1.34. The van der Waals surface area contributed by atoms with Gasteiger partial charge in [0.2, 0.25) is 5.96 Å². The number of piperidine rings is 1. The van der Waals surface area contributed by atoms with Gasteiger partial charge in [-0.1, -0.05) is 67.8 Å². The summed E-state index contributed by atoms with van der Waals surface area (Å²) in [7, 11) is 2.04. The summed E-state index contributed by atoms with van der Waals surface area (Å²) in [5.41, 5.74) is 7.81. The molecule has 34 heavy (non-hydrogen) atoms.